The molecule has 5 rings (SSSR count). The van der Waals surface area contributed by atoms with E-state index >= 15 is 0 Å². The van der Waals surface area contributed by atoms with E-state index in [4.69, 9.17) is 0 Å². The minimum atomic E-state index is 0.277. The molecule has 1 saturated heterocycles. The molecule has 2 aliphatic heterocycles. The van der Waals surface area contributed by atoms with Gasteiger partial charge in [-0.2, -0.15) is 0 Å². The molecule has 1 aliphatic carbocycles. The van der Waals surface area contributed by atoms with Gasteiger partial charge in [0.1, 0.15) is 0 Å². The summed E-state index contributed by atoms with van der Waals surface area (Å²) >= 11 is 1.86. The monoisotopic (exact) mass is 392 g/mol. The summed E-state index contributed by atoms with van der Waals surface area (Å²) in [4.78, 5) is 18.7. The highest BCUT2D eigenvalue weighted by Crippen LogP contribution is 2.46. The number of benzene rings is 2. The Morgan fingerprint density at radius 3 is 2.64 bits per heavy atom. The van der Waals surface area contributed by atoms with Crippen LogP contribution in [0.5, 0.6) is 0 Å². The third kappa shape index (κ3) is 3.27. The van der Waals surface area contributed by atoms with Crippen LogP contribution in [0.25, 0.3) is 0 Å². The Bertz CT molecular complexity index is 872. The lowest BCUT2D eigenvalue weighted by molar-refractivity contribution is -0.119. The van der Waals surface area contributed by atoms with Gasteiger partial charge in [-0.3, -0.25) is 4.79 Å². The molecule has 3 nitrogen and oxygen atoms in total. The molecule has 4 heteroatoms. The number of hydrogen-bond acceptors (Lipinski definition) is 3. The van der Waals surface area contributed by atoms with Gasteiger partial charge in [-0.1, -0.05) is 36.4 Å². The highest BCUT2D eigenvalue weighted by Gasteiger charge is 2.40. The van der Waals surface area contributed by atoms with Crippen LogP contribution >= 0.6 is 11.8 Å². The van der Waals surface area contributed by atoms with E-state index in [0.717, 1.165) is 37.6 Å². The number of aryl methyl sites for hydroxylation is 1. The maximum atomic E-state index is 12.9. The number of carbonyl (C=O) groups excluding carboxylic acids is 1. The summed E-state index contributed by atoms with van der Waals surface area (Å²) in [6.45, 7) is 3.96. The first-order valence-corrected chi connectivity index (χ1v) is 11.6. The average Bonchev–Trinajstić information content (AvgIpc) is 3.11. The van der Waals surface area contributed by atoms with E-state index in [1.807, 2.05) is 22.7 Å². The first-order valence-electron chi connectivity index (χ1n) is 10.6. The van der Waals surface area contributed by atoms with Crippen LogP contribution in [0, 0.1) is 0 Å². The van der Waals surface area contributed by atoms with Crippen LogP contribution in [0.2, 0.25) is 0 Å². The van der Waals surface area contributed by atoms with Crippen LogP contribution in [0.1, 0.15) is 36.8 Å². The number of piperidine rings is 1. The topological polar surface area (TPSA) is 23.6 Å². The van der Waals surface area contributed by atoms with Crippen molar-refractivity contribution < 1.29 is 4.79 Å². The fourth-order valence-corrected chi connectivity index (χ4v) is 6.30. The first-order chi connectivity index (χ1) is 13.8. The van der Waals surface area contributed by atoms with E-state index < -0.39 is 0 Å². The Hall–Kier alpha value is -1.78. The third-order valence-electron chi connectivity index (χ3n) is 6.95. The Balaban J connectivity index is 1.18. The number of amides is 1. The fourth-order valence-electron chi connectivity index (χ4n) is 5.31. The molecular weight excluding hydrogens is 364 g/mol. The summed E-state index contributed by atoms with van der Waals surface area (Å²) in [5.41, 5.74) is 4.67. The molecule has 3 aliphatic rings. The maximum Gasteiger partial charge on any atom is 0.228 e. The predicted molar refractivity (Wildman–Crippen MR) is 116 cm³/mol. The van der Waals surface area contributed by atoms with Crippen molar-refractivity contribution in [3.8, 4) is 0 Å². The molecule has 1 spiro atoms. The molecular formula is C24H28N2OS. The summed E-state index contributed by atoms with van der Waals surface area (Å²) in [5, 5.41) is 0. The van der Waals surface area contributed by atoms with E-state index in [9.17, 15) is 4.79 Å². The van der Waals surface area contributed by atoms with Crippen molar-refractivity contribution in [3.05, 3.63) is 59.7 Å². The second kappa shape index (κ2) is 7.57. The van der Waals surface area contributed by atoms with Crippen molar-refractivity contribution in [1.29, 1.82) is 0 Å². The molecule has 28 heavy (non-hydrogen) atoms. The van der Waals surface area contributed by atoms with Gasteiger partial charge in [-0.25, -0.2) is 0 Å². The van der Waals surface area contributed by atoms with Gasteiger partial charge >= 0.3 is 0 Å². The normalized spacial score (nSPS) is 20.8. The average molecular weight is 393 g/mol. The van der Waals surface area contributed by atoms with Crippen LogP contribution in [0.4, 0.5) is 5.69 Å². The Morgan fingerprint density at radius 2 is 1.75 bits per heavy atom. The first kappa shape index (κ1) is 18.3. The lowest BCUT2D eigenvalue weighted by Gasteiger charge is -2.40. The van der Waals surface area contributed by atoms with E-state index in [2.05, 4.69) is 47.4 Å². The third-order valence-corrected chi connectivity index (χ3v) is 7.99. The SMILES string of the molecule is O=C(CCN1CCC2(CCc3ccccc32)CC1)N1CCSc2ccccc21. The molecule has 2 aromatic carbocycles. The number of anilines is 1. The van der Waals surface area contributed by atoms with Crippen molar-refractivity contribution in [2.45, 2.75) is 42.4 Å². The van der Waals surface area contributed by atoms with Gasteiger partial charge in [-0.15, -0.1) is 11.8 Å². The molecule has 1 fully saturated rings. The van der Waals surface area contributed by atoms with Crippen LogP contribution in [-0.4, -0.2) is 42.7 Å². The largest absolute Gasteiger partial charge is 0.310 e. The fraction of sp³-hybridized carbons (Fsp3) is 0.458. The number of nitrogens with zero attached hydrogens (tertiary/aromatic N) is 2. The van der Waals surface area contributed by atoms with Crippen molar-refractivity contribution >= 4 is 23.4 Å². The van der Waals surface area contributed by atoms with Gasteiger partial charge in [-0.05, 0) is 67.4 Å². The van der Waals surface area contributed by atoms with Gasteiger partial charge in [0, 0.05) is 30.2 Å². The molecule has 0 radical (unpaired) electrons. The number of likely N-dealkylation sites (tertiary alicyclic amines) is 1. The smallest absolute Gasteiger partial charge is 0.228 e. The Kier molecular flexibility index (Phi) is 4.93. The molecule has 2 heterocycles. The summed E-state index contributed by atoms with van der Waals surface area (Å²) in [6.07, 6.45) is 5.65. The Labute approximate surface area is 172 Å². The second-order valence-electron chi connectivity index (χ2n) is 8.39. The van der Waals surface area contributed by atoms with Crippen LogP contribution in [0.15, 0.2) is 53.4 Å². The molecule has 0 saturated carbocycles. The molecule has 0 bridgehead atoms. The summed E-state index contributed by atoms with van der Waals surface area (Å²) in [5.74, 6) is 1.27. The van der Waals surface area contributed by atoms with Gasteiger partial charge in [0.15, 0.2) is 0 Å². The van der Waals surface area contributed by atoms with Crippen LogP contribution in [-0.2, 0) is 16.6 Å². The molecule has 0 atom stereocenters. The second-order valence-corrected chi connectivity index (χ2v) is 9.53. The van der Waals surface area contributed by atoms with Gasteiger partial charge in [0.2, 0.25) is 5.91 Å². The lowest BCUT2D eigenvalue weighted by Crippen LogP contribution is -2.43. The van der Waals surface area contributed by atoms with Gasteiger partial charge in [0.25, 0.3) is 0 Å². The van der Waals surface area contributed by atoms with Crippen molar-refractivity contribution in [1.82, 2.24) is 4.90 Å². The quantitative estimate of drug-likeness (QED) is 0.769. The van der Waals surface area contributed by atoms with Crippen molar-refractivity contribution in [3.63, 3.8) is 0 Å². The number of carbonyl (C=O) groups is 1. The number of rotatable bonds is 3. The van der Waals surface area contributed by atoms with E-state index in [1.165, 1.54) is 30.6 Å². The number of thioether (sulfide) groups is 1. The Morgan fingerprint density at radius 1 is 0.964 bits per heavy atom. The highest BCUT2D eigenvalue weighted by molar-refractivity contribution is 7.99. The van der Waals surface area contributed by atoms with E-state index in [-0.39, 0.29) is 5.91 Å². The van der Waals surface area contributed by atoms with E-state index in [0.29, 0.717) is 11.8 Å². The molecule has 0 unspecified atom stereocenters. The number of hydrogen-bond donors (Lipinski definition) is 0. The van der Waals surface area contributed by atoms with Crippen LogP contribution in [0.3, 0.4) is 0 Å². The zero-order valence-corrected chi connectivity index (χ0v) is 17.2. The van der Waals surface area contributed by atoms with Crippen LogP contribution < -0.4 is 4.90 Å². The zero-order chi connectivity index (χ0) is 19.0. The van der Waals surface area contributed by atoms with Gasteiger partial charge in [0.05, 0.1) is 5.69 Å². The maximum absolute atomic E-state index is 12.9. The molecule has 1 amide bonds. The number of fused-ring (bicyclic) bond motifs is 3. The summed E-state index contributed by atoms with van der Waals surface area (Å²) in [7, 11) is 0. The minimum absolute atomic E-state index is 0.277. The molecule has 0 N–H and O–H groups in total. The van der Waals surface area contributed by atoms with Gasteiger partial charge < -0.3 is 9.80 Å². The highest BCUT2D eigenvalue weighted by atomic mass is 32.2. The lowest BCUT2D eigenvalue weighted by atomic mass is 9.74. The standard InChI is InChI=1S/C24H28N2OS/c27-23(26-17-18-28-22-8-4-3-7-21(22)26)10-14-25-15-12-24(13-16-25)11-9-19-5-1-2-6-20(19)24/h1-8H,9-18H2. The predicted octanol–water partition coefficient (Wildman–Crippen LogP) is 4.50. The number of para-hydroxylation sites is 1. The summed E-state index contributed by atoms with van der Waals surface area (Å²) < 4.78 is 0. The van der Waals surface area contributed by atoms with E-state index in [1.54, 1.807) is 11.1 Å². The molecule has 0 aromatic heterocycles. The minimum Gasteiger partial charge on any atom is -0.310 e. The molecule has 2 aromatic rings. The van der Waals surface area contributed by atoms with Crippen molar-refractivity contribution in [2.75, 3.05) is 36.8 Å². The van der Waals surface area contributed by atoms with Crippen molar-refractivity contribution in [2.24, 2.45) is 0 Å². The zero-order valence-electron chi connectivity index (χ0n) is 16.4. The summed E-state index contributed by atoms with van der Waals surface area (Å²) in [6, 6.07) is 17.3. The molecule has 146 valence electrons.